The number of nitrogens with one attached hydrogen (secondary N) is 2. The maximum atomic E-state index is 13.2. The second-order valence-corrected chi connectivity index (χ2v) is 9.25. The smallest absolute Gasteiger partial charge is 0.362 e. The van der Waals surface area contributed by atoms with Crippen molar-refractivity contribution in [2.45, 2.75) is 64.0 Å². The van der Waals surface area contributed by atoms with Crippen LogP contribution in [-0.4, -0.2) is 48.7 Å². The van der Waals surface area contributed by atoms with E-state index in [1.807, 2.05) is 25.9 Å². The molecule has 2 amide bonds. The molecule has 1 fully saturated rings. The molecule has 1 aromatic carbocycles. The van der Waals surface area contributed by atoms with Gasteiger partial charge >= 0.3 is 18.4 Å². The second-order valence-electron chi connectivity index (χ2n) is 9.25. The van der Waals surface area contributed by atoms with E-state index in [2.05, 4.69) is 20.6 Å². The van der Waals surface area contributed by atoms with Crippen molar-refractivity contribution in [3.63, 3.8) is 0 Å². The molecule has 1 aliphatic rings. The number of rotatable bonds is 6. The molecule has 1 aliphatic carbocycles. The van der Waals surface area contributed by atoms with Crippen molar-refractivity contribution in [1.29, 1.82) is 0 Å². The molecule has 0 bridgehead atoms. The number of alkyl halides is 6. The van der Waals surface area contributed by atoms with Crippen LogP contribution >= 0.6 is 0 Å². The highest BCUT2D eigenvalue weighted by Gasteiger charge is 2.38. The number of hydrogen-bond acceptors (Lipinski definition) is 5. The van der Waals surface area contributed by atoms with Gasteiger partial charge in [-0.3, -0.25) is 4.90 Å². The molecule has 7 nitrogen and oxygen atoms in total. The number of amides is 2. The van der Waals surface area contributed by atoms with Gasteiger partial charge in [0.05, 0.1) is 11.1 Å². The molecule has 1 aromatic heterocycles. The first-order valence-electron chi connectivity index (χ1n) is 11.8. The van der Waals surface area contributed by atoms with E-state index >= 15 is 0 Å². The van der Waals surface area contributed by atoms with Crippen molar-refractivity contribution in [2.24, 2.45) is 0 Å². The van der Waals surface area contributed by atoms with Gasteiger partial charge in [0, 0.05) is 50.2 Å². The Morgan fingerprint density at radius 2 is 1.51 bits per heavy atom. The predicted molar refractivity (Wildman–Crippen MR) is 129 cm³/mol. The minimum Gasteiger partial charge on any atom is -0.362 e. The van der Waals surface area contributed by atoms with Crippen LogP contribution in [0.3, 0.4) is 0 Å². The van der Waals surface area contributed by atoms with Gasteiger partial charge in [-0.05, 0) is 57.7 Å². The lowest BCUT2D eigenvalue weighted by Gasteiger charge is -2.32. The number of aryl methyl sites for hydroxylation is 1. The van der Waals surface area contributed by atoms with Crippen molar-refractivity contribution in [1.82, 2.24) is 15.3 Å². The Hall–Kier alpha value is -3.25. The van der Waals surface area contributed by atoms with Crippen LogP contribution in [0.4, 0.5) is 48.6 Å². The van der Waals surface area contributed by atoms with E-state index in [1.165, 1.54) is 6.92 Å². The van der Waals surface area contributed by atoms with Gasteiger partial charge in [0.1, 0.15) is 5.82 Å². The summed E-state index contributed by atoms with van der Waals surface area (Å²) in [6, 6.07) is 0.201. The quantitative estimate of drug-likeness (QED) is 0.457. The summed E-state index contributed by atoms with van der Waals surface area (Å²) in [5.41, 5.74) is -2.46. The van der Waals surface area contributed by atoms with E-state index in [9.17, 15) is 31.1 Å². The number of hydrogen-bond donors (Lipinski definition) is 2. The minimum absolute atomic E-state index is 0.0444. The standard InChI is InChI=1S/C24H30F6N6O/c1-5-36(19-11-15(23(25,26)27)10-16(12-19)24(28,29)30)22(37)33-18-8-6-17(7-9-18)32-21-31-13-14(2)20(34-21)35(3)4/h10-13,17-18H,5-9H2,1-4H3,(H,33,37)(H,31,32,34). The third-order valence-corrected chi connectivity index (χ3v) is 6.20. The van der Waals surface area contributed by atoms with E-state index in [-0.39, 0.29) is 24.7 Å². The fourth-order valence-electron chi connectivity index (χ4n) is 4.31. The van der Waals surface area contributed by atoms with Crippen molar-refractivity contribution in [3.8, 4) is 0 Å². The summed E-state index contributed by atoms with van der Waals surface area (Å²) in [7, 11) is 3.77. The van der Waals surface area contributed by atoms with Crippen molar-refractivity contribution >= 4 is 23.5 Å². The normalized spacial score (nSPS) is 18.3. The van der Waals surface area contributed by atoms with Crippen LogP contribution < -0.4 is 20.4 Å². The summed E-state index contributed by atoms with van der Waals surface area (Å²) in [5.74, 6) is 1.28. The van der Waals surface area contributed by atoms with Gasteiger partial charge < -0.3 is 15.5 Å². The summed E-state index contributed by atoms with van der Waals surface area (Å²) in [4.78, 5) is 24.5. The molecule has 2 aromatic rings. The number of urea groups is 1. The lowest BCUT2D eigenvalue weighted by Crippen LogP contribution is -2.47. The molecule has 2 N–H and O–H groups in total. The molecule has 0 unspecified atom stereocenters. The lowest BCUT2D eigenvalue weighted by atomic mass is 9.91. The number of nitrogens with zero attached hydrogens (tertiary/aromatic N) is 4. The third kappa shape index (κ3) is 7.16. The van der Waals surface area contributed by atoms with E-state index in [4.69, 9.17) is 0 Å². The topological polar surface area (TPSA) is 73.4 Å². The van der Waals surface area contributed by atoms with E-state index < -0.39 is 35.2 Å². The number of benzene rings is 1. The predicted octanol–water partition coefficient (Wildman–Crippen LogP) is 5.85. The summed E-state index contributed by atoms with van der Waals surface area (Å²) >= 11 is 0. The average molecular weight is 533 g/mol. The SMILES string of the molecule is CCN(C(=O)NC1CCC(Nc2ncc(C)c(N(C)C)n2)CC1)c1cc(C(F)(F)F)cc(C(F)(F)F)c1. The number of anilines is 3. The van der Waals surface area contributed by atoms with Crippen LogP contribution in [0.25, 0.3) is 0 Å². The summed E-state index contributed by atoms with van der Waals surface area (Å²) in [6.07, 6.45) is -5.76. The molecule has 0 aliphatic heterocycles. The third-order valence-electron chi connectivity index (χ3n) is 6.20. The van der Waals surface area contributed by atoms with Gasteiger partial charge in [0.15, 0.2) is 0 Å². The number of aromatic nitrogens is 2. The highest BCUT2D eigenvalue weighted by atomic mass is 19.4. The van der Waals surface area contributed by atoms with Gasteiger partial charge in [-0.2, -0.15) is 31.3 Å². The Morgan fingerprint density at radius 1 is 0.973 bits per heavy atom. The lowest BCUT2D eigenvalue weighted by molar-refractivity contribution is -0.143. The van der Waals surface area contributed by atoms with Crippen molar-refractivity contribution in [3.05, 3.63) is 41.1 Å². The minimum atomic E-state index is -4.99. The fourth-order valence-corrected chi connectivity index (χ4v) is 4.31. The molecule has 13 heteroatoms. The first kappa shape index (κ1) is 28.3. The Kier molecular flexibility index (Phi) is 8.43. The Balaban J connectivity index is 1.66. The highest BCUT2D eigenvalue weighted by molar-refractivity contribution is 5.92. The molecule has 37 heavy (non-hydrogen) atoms. The first-order valence-corrected chi connectivity index (χ1v) is 11.8. The van der Waals surface area contributed by atoms with Gasteiger partial charge in [0.2, 0.25) is 5.95 Å². The molecule has 1 heterocycles. The molecule has 0 radical (unpaired) electrons. The number of carbonyl (C=O) groups excluding carboxylic acids is 1. The summed E-state index contributed by atoms with van der Waals surface area (Å²) in [6.45, 7) is 3.29. The zero-order valence-corrected chi connectivity index (χ0v) is 21.0. The zero-order valence-electron chi connectivity index (χ0n) is 21.0. The zero-order chi connectivity index (χ0) is 27.5. The van der Waals surface area contributed by atoms with Gasteiger partial charge in [-0.1, -0.05) is 0 Å². The summed E-state index contributed by atoms with van der Waals surface area (Å²) in [5, 5.41) is 6.05. The van der Waals surface area contributed by atoms with Crippen LogP contribution in [0.5, 0.6) is 0 Å². The molecule has 0 atom stereocenters. The monoisotopic (exact) mass is 532 g/mol. The van der Waals surface area contributed by atoms with Gasteiger partial charge in [-0.15, -0.1) is 0 Å². The van der Waals surface area contributed by atoms with Crippen LogP contribution in [0.15, 0.2) is 24.4 Å². The second kappa shape index (κ2) is 11.0. The van der Waals surface area contributed by atoms with Gasteiger partial charge in [0.25, 0.3) is 0 Å². The van der Waals surface area contributed by atoms with Crippen LogP contribution in [0.2, 0.25) is 0 Å². The largest absolute Gasteiger partial charge is 0.416 e. The molecular weight excluding hydrogens is 502 g/mol. The van der Waals surface area contributed by atoms with Crippen molar-refractivity contribution < 1.29 is 31.1 Å². The highest BCUT2D eigenvalue weighted by Crippen LogP contribution is 2.38. The number of halogens is 6. The Bertz CT molecular complexity index is 1060. The molecule has 204 valence electrons. The molecule has 1 saturated carbocycles. The molecule has 3 rings (SSSR count). The van der Waals surface area contributed by atoms with Crippen LogP contribution in [-0.2, 0) is 12.4 Å². The average Bonchev–Trinajstić information content (AvgIpc) is 2.80. The Morgan fingerprint density at radius 3 is 2.00 bits per heavy atom. The van der Waals surface area contributed by atoms with E-state index in [0.717, 1.165) is 16.3 Å². The maximum Gasteiger partial charge on any atom is 0.416 e. The molecule has 0 saturated heterocycles. The Labute approximate surface area is 211 Å². The van der Waals surface area contributed by atoms with E-state index in [0.29, 0.717) is 43.8 Å². The number of carbonyl (C=O) groups is 1. The molecule has 0 spiro atoms. The van der Waals surface area contributed by atoms with Crippen LogP contribution in [0.1, 0.15) is 49.3 Å². The van der Waals surface area contributed by atoms with Gasteiger partial charge in [-0.25, -0.2) is 9.78 Å². The van der Waals surface area contributed by atoms with E-state index in [1.54, 1.807) is 6.20 Å². The first-order chi connectivity index (χ1) is 17.2. The van der Waals surface area contributed by atoms with Crippen LogP contribution in [0, 0.1) is 6.92 Å². The fraction of sp³-hybridized carbons (Fsp3) is 0.542. The molecular formula is C24H30F6N6O. The summed E-state index contributed by atoms with van der Waals surface area (Å²) < 4.78 is 79.5. The maximum absolute atomic E-state index is 13.2. The van der Waals surface area contributed by atoms with Crippen molar-refractivity contribution in [2.75, 3.05) is 35.8 Å².